The molecular formula is C17H20F2N2O2. The zero-order chi connectivity index (χ0) is 16.4. The molecule has 4 nitrogen and oxygen atoms in total. The predicted octanol–water partition coefficient (Wildman–Crippen LogP) is 3.28. The predicted molar refractivity (Wildman–Crippen MR) is 81.7 cm³/mol. The maximum atomic E-state index is 13.3. The molecule has 1 fully saturated rings. The van der Waals surface area contributed by atoms with Crippen molar-refractivity contribution >= 4 is 0 Å². The number of nitrogens with zero attached hydrogens (tertiary/aromatic N) is 2. The lowest BCUT2D eigenvalue weighted by Crippen LogP contribution is -2.41. The number of oxazole rings is 1. The molecule has 1 aliphatic heterocycles. The van der Waals surface area contributed by atoms with E-state index in [-0.39, 0.29) is 24.1 Å². The minimum absolute atomic E-state index is 0.124. The van der Waals surface area contributed by atoms with Crippen molar-refractivity contribution < 1.29 is 18.3 Å². The number of aromatic nitrogens is 1. The third kappa shape index (κ3) is 3.59. The number of aliphatic hydroxyl groups excluding tert-OH is 1. The first-order valence-corrected chi connectivity index (χ1v) is 7.84. The highest BCUT2D eigenvalue weighted by molar-refractivity contribution is 5.53. The summed E-state index contributed by atoms with van der Waals surface area (Å²) in [5.41, 5.74) is 1.03. The largest absolute Gasteiger partial charge is 0.441 e. The second-order valence-electron chi connectivity index (χ2n) is 5.98. The van der Waals surface area contributed by atoms with Crippen LogP contribution in [0.25, 0.3) is 11.5 Å². The molecule has 1 aromatic carbocycles. The molecule has 2 heterocycles. The molecule has 1 atom stereocenters. The quantitative estimate of drug-likeness (QED) is 0.938. The SMILES string of the molecule is Cc1oc(-c2cc(F)cc(F)c2)nc1CN1CCCC[C@H]1CO. The highest BCUT2D eigenvalue weighted by Gasteiger charge is 2.24. The summed E-state index contributed by atoms with van der Waals surface area (Å²) in [6.07, 6.45) is 3.18. The van der Waals surface area contributed by atoms with Gasteiger partial charge in [-0.25, -0.2) is 13.8 Å². The van der Waals surface area contributed by atoms with Crippen molar-refractivity contribution in [3.8, 4) is 11.5 Å². The van der Waals surface area contributed by atoms with Crippen molar-refractivity contribution in [2.45, 2.75) is 38.8 Å². The lowest BCUT2D eigenvalue weighted by molar-refractivity contribution is 0.0828. The molecular weight excluding hydrogens is 302 g/mol. The summed E-state index contributed by atoms with van der Waals surface area (Å²) in [5.74, 6) is -0.469. The smallest absolute Gasteiger partial charge is 0.226 e. The Balaban J connectivity index is 1.83. The Morgan fingerprint density at radius 1 is 1.26 bits per heavy atom. The highest BCUT2D eigenvalue weighted by Crippen LogP contribution is 2.26. The van der Waals surface area contributed by atoms with Crippen LogP contribution in [-0.2, 0) is 6.54 Å². The average molecular weight is 322 g/mol. The van der Waals surface area contributed by atoms with Crippen LogP contribution in [0.1, 0.15) is 30.7 Å². The number of aryl methyl sites for hydroxylation is 1. The van der Waals surface area contributed by atoms with Gasteiger partial charge in [-0.3, -0.25) is 4.90 Å². The molecule has 0 spiro atoms. The van der Waals surface area contributed by atoms with E-state index in [4.69, 9.17) is 4.42 Å². The molecule has 2 aromatic rings. The molecule has 0 aliphatic carbocycles. The van der Waals surface area contributed by atoms with Gasteiger partial charge >= 0.3 is 0 Å². The molecule has 1 aromatic heterocycles. The number of rotatable bonds is 4. The van der Waals surface area contributed by atoms with Crippen LogP contribution < -0.4 is 0 Å². The summed E-state index contributed by atoms with van der Waals surface area (Å²) in [6, 6.07) is 3.36. The standard InChI is InChI=1S/C17H20F2N2O2/c1-11-16(9-21-5-3-2-4-15(21)10-22)20-17(23-11)12-6-13(18)8-14(19)7-12/h6-8,15,22H,2-5,9-10H2,1H3/t15-/m0/s1. The topological polar surface area (TPSA) is 49.5 Å². The summed E-state index contributed by atoms with van der Waals surface area (Å²) >= 11 is 0. The molecule has 23 heavy (non-hydrogen) atoms. The number of hydrogen-bond donors (Lipinski definition) is 1. The maximum absolute atomic E-state index is 13.3. The molecule has 0 saturated carbocycles. The molecule has 0 radical (unpaired) electrons. The molecule has 1 saturated heterocycles. The van der Waals surface area contributed by atoms with Crippen molar-refractivity contribution in [1.82, 2.24) is 9.88 Å². The summed E-state index contributed by atoms with van der Waals surface area (Å²) in [7, 11) is 0. The molecule has 1 aliphatic rings. The second-order valence-corrected chi connectivity index (χ2v) is 5.98. The fourth-order valence-electron chi connectivity index (χ4n) is 3.04. The summed E-state index contributed by atoms with van der Waals surface area (Å²) in [6.45, 7) is 3.39. The van der Waals surface area contributed by atoms with E-state index in [1.54, 1.807) is 6.92 Å². The van der Waals surface area contributed by atoms with Gasteiger partial charge in [-0.2, -0.15) is 0 Å². The van der Waals surface area contributed by atoms with E-state index in [9.17, 15) is 13.9 Å². The van der Waals surface area contributed by atoms with Crippen LogP contribution in [0.15, 0.2) is 22.6 Å². The number of aliphatic hydroxyl groups is 1. The van der Waals surface area contributed by atoms with Crippen LogP contribution in [0, 0.1) is 18.6 Å². The lowest BCUT2D eigenvalue weighted by atomic mass is 10.0. The third-order valence-corrected chi connectivity index (χ3v) is 4.31. The Bertz CT molecular complexity index is 667. The third-order valence-electron chi connectivity index (χ3n) is 4.31. The number of piperidine rings is 1. The van der Waals surface area contributed by atoms with Crippen LogP contribution in [0.4, 0.5) is 8.78 Å². The van der Waals surface area contributed by atoms with Crippen molar-refractivity contribution in [2.75, 3.05) is 13.2 Å². The van der Waals surface area contributed by atoms with E-state index in [1.165, 1.54) is 12.1 Å². The van der Waals surface area contributed by atoms with Gasteiger partial charge in [0, 0.05) is 24.2 Å². The minimum Gasteiger partial charge on any atom is -0.441 e. The van der Waals surface area contributed by atoms with Gasteiger partial charge in [-0.05, 0) is 38.4 Å². The summed E-state index contributed by atoms with van der Waals surface area (Å²) in [5, 5.41) is 9.48. The zero-order valence-electron chi connectivity index (χ0n) is 13.1. The van der Waals surface area contributed by atoms with Crippen molar-refractivity contribution in [3.05, 3.63) is 41.3 Å². The number of likely N-dealkylation sites (tertiary alicyclic amines) is 1. The molecule has 124 valence electrons. The average Bonchev–Trinajstić information content (AvgIpc) is 2.88. The van der Waals surface area contributed by atoms with Gasteiger partial charge in [-0.15, -0.1) is 0 Å². The molecule has 0 bridgehead atoms. The van der Waals surface area contributed by atoms with Crippen LogP contribution >= 0.6 is 0 Å². The maximum Gasteiger partial charge on any atom is 0.226 e. The first-order valence-electron chi connectivity index (χ1n) is 7.84. The first kappa shape index (κ1) is 16.1. The fourth-order valence-corrected chi connectivity index (χ4v) is 3.04. The van der Waals surface area contributed by atoms with Crippen molar-refractivity contribution in [2.24, 2.45) is 0 Å². The zero-order valence-corrected chi connectivity index (χ0v) is 13.1. The van der Waals surface area contributed by atoms with Gasteiger partial charge < -0.3 is 9.52 Å². The monoisotopic (exact) mass is 322 g/mol. The van der Waals surface area contributed by atoms with Gasteiger partial charge in [0.15, 0.2) is 0 Å². The molecule has 3 rings (SSSR count). The normalized spacial score (nSPS) is 19.2. The Morgan fingerprint density at radius 2 is 2.00 bits per heavy atom. The summed E-state index contributed by atoms with van der Waals surface area (Å²) < 4.78 is 32.3. The van der Waals surface area contributed by atoms with Crippen molar-refractivity contribution in [3.63, 3.8) is 0 Å². The van der Waals surface area contributed by atoms with Crippen LogP contribution in [0.3, 0.4) is 0 Å². The van der Waals surface area contributed by atoms with Gasteiger partial charge in [0.2, 0.25) is 5.89 Å². The van der Waals surface area contributed by atoms with Crippen molar-refractivity contribution in [1.29, 1.82) is 0 Å². The Labute approximate surface area is 133 Å². The van der Waals surface area contributed by atoms with Crippen LogP contribution in [0.2, 0.25) is 0 Å². The van der Waals surface area contributed by atoms with E-state index < -0.39 is 11.6 Å². The van der Waals surface area contributed by atoms with E-state index >= 15 is 0 Å². The highest BCUT2D eigenvalue weighted by atomic mass is 19.1. The Kier molecular flexibility index (Phi) is 4.73. The summed E-state index contributed by atoms with van der Waals surface area (Å²) in [4.78, 5) is 6.59. The van der Waals surface area contributed by atoms with Crippen LogP contribution in [-0.4, -0.2) is 34.2 Å². The number of benzene rings is 1. The molecule has 0 unspecified atom stereocenters. The Morgan fingerprint density at radius 3 is 2.70 bits per heavy atom. The Hall–Kier alpha value is -1.79. The second kappa shape index (κ2) is 6.76. The van der Waals surface area contributed by atoms with E-state index in [0.717, 1.165) is 37.6 Å². The van der Waals surface area contributed by atoms with E-state index in [1.807, 2.05) is 0 Å². The van der Waals surface area contributed by atoms with E-state index in [0.29, 0.717) is 12.3 Å². The first-order chi connectivity index (χ1) is 11.1. The minimum atomic E-state index is -0.659. The molecule has 1 N–H and O–H groups in total. The number of hydrogen-bond acceptors (Lipinski definition) is 4. The number of halogens is 2. The van der Waals surface area contributed by atoms with E-state index in [2.05, 4.69) is 9.88 Å². The van der Waals surface area contributed by atoms with Gasteiger partial charge in [0.1, 0.15) is 17.4 Å². The van der Waals surface area contributed by atoms with Crippen LogP contribution in [0.5, 0.6) is 0 Å². The molecule has 0 amide bonds. The molecule has 6 heteroatoms. The lowest BCUT2D eigenvalue weighted by Gasteiger charge is -2.33. The fraction of sp³-hybridized carbons (Fsp3) is 0.471. The van der Waals surface area contributed by atoms with Gasteiger partial charge in [0.05, 0.1) is 12.3 Å². The van der Waals surface area contributed by atoms with Gasteiger partial charge in [0.25, 0.3) is 0 Å². The van der Waals surface area contributed by atoms with Gasteiger partial charge in [-0.1, -0.05) is 6.42 Å².